The van der Waals surface area contributed by atoms with Crippen molar-refractivity contribution in [1.29, 1.82) is 0 Å². The number of anilines is 1. The fraction of sp³-hybridized carbons (Fsp3) is 0.182. The first kappa shape index (κ1) is 11.7. The molecule has 0 atom stereocenters. The van der Waals surface area contributed by atoms with Gasteiger partial charge in [-0.3, -0.25) is 4.72 Å². The number of benzene rings is 1. The second kappa shape index (κ2) is 4.58. The van der Waals surface area contributed by atoms with Gasteiger partial charge in [0.2, 0.25) is 0 Å². The second-order valence-electron chi connectivity index (χ2n) is 3.57. The molecule has 0 saturated carbocycles. The van der Waals surface area contributed by atoms with E-state index in [9.17, 15) is 8.42 Å². The molecule has 1 aromatic carbocycles. The van der Waals surface area contributed by atoms with Crippen LogP contribution in [0.3, 0.4) is 0 Å². The lowest BCUT2D eigenvalue weighted by molar-refractivity contribution is 0.598. The summed E-state index contributed by atoms with van der Waals surface area (Å²) in [5, 5.41) is 0.0528. The largest absolute Gasteiger partial charge is 0.334 e. The van der Waals surface area contributed by atoms with E-state index in [1.165, 1.54) is 12.5 Å². The summed E-state index contributed by atoms with van der Waals surface area (Å²) in [7, 11) is -3.56. The minimum absolute atomic E-state index is 0.0528. The number of sulfonamides is 1. The van der Waals surface area contributed by atoms with Crippen molar-refractivity contribution < 1.29 is 8.42 Å². The number of aromatic nitrogens is 2. The molecule has 0 aliphatic carbocycles. The highest BCUT2D eigenvalue weighted by atomic mass is 32.2. The minimum Gasteiger partial charge on any atom is -0.334 e. The standard InChI is InChI=1S/C11H13N3O2S/c1-2-9-3-5-10(6-4-9)14-17(15,16)11-7-12-8-13-11/h3-8,14H,2H2,1H3,(H,12,13). The molecule has 0 bridgehead atoms. The van der Waals surface area contributed by atoms with Crippen molar-refractivity contribution in [2.45, 2.75) is 18.4 Å². The zero-order chi connectivity index (χ0) is 12.3. The van der Waals surface area contributed by atoms with E-state index < -0.39 is 10.0 Å². The molecule has 6 heteroatoms. The molecular formula is C11H13N3O2S. The Labute approximate surface area is 100.0 Å². The molecular weight excluding hydrogens is 238 g/mol. The van der Waals surface area contributed by atoms with Gasteiger partial charge in [0.25, 0.3) is 10.0 Å². The maximum Gasteiger partial charge on any atom is 0.278 e. The van der Waals surface area contributed by atoms with Crippen LogP contribution in [-0.2, 0) is 16.4 Å². The maximum atomic E-state index is 11.8. The van der Waals surface area contributed by atoms with E-state index in [1.807, 2.05) is 19.1 Å². The Bertz CT molecular complexity index is 574. The average molecular weight is 251 g/mol. The van der Waals surface area contributed by atoms with Gasteiger partial charge in [-0.1, -0.05) is 19.1 Å². The van der Waals surface area contributed by atoms with E-state index in [4.69, 9.17) is 0 Å². The molecule has 1 aromatic heterocycles. The van der Waals surface area contributed by atoms with Gasteiger partial charge in [0, 0.05) is 5.69 Å². The van der Waals surface area contributed by atoms with E-state index in [2.05, 4.69) is 14.7 Å². The first-order chi connectivity index (χ1) is 8.12. The van der Waals surface area contributed by atoms with Crippen molar-refractivity contribution in [2.24, 2.45) is 0 Å². The molecule has 1 heterocycles. The van der Waals surface area contributed by atoms with Crippen LogP contribution in [0.4, 0.5) is 5.69 Å². The Balaban J connectivity index is 2.21. The molecule has 2 rings (SSSR count). The number of aryl methyl sites for hydroxylation is 1. The van der Waals surface area contributed by atoms with Gasteiger partial charge in [-0.2, -0.15) is 8.42 Å². The summed E-state index contributed by atoms with van der Waals surface area (Å²) in [6.07, 6.45) is 3.52. The Morgan fingerprint density at radius 1 is 1.29 bits per heavy atom. The van der Waals surface area contributed by atoms with Crippen molar-refractivity contribution in [3.63, 3.8) is 0 Å². The molecule has 0 fully saturated rings. The number of hydrogen-bond donors (Lipinski definition) is 2. The van der Waals surface area contributed by atoms with Gasteiger partial charge in [0.1, 0.15) is 0 Å². The van der Waals surface area contributed by atoms with Crippen molar-refractivity contribution in [3.05, 3.63) is 42.4 Å². The molecule has 0 saturated heterocycles. The van der Waals surface area contributed by atoms with Crippen LogP contribution >= 0.6 is 0 Å². The highest BCUT2D eigenvalue weighted by Crippen LogP contribution is 2.14. The third kappa shape index (κ3) is 2.65. The summed E-state index contributed by atoms with van der Waals surface area (Å²) in [5.41, 5.74) is 1.70. The van der Waals surface area contributed by atoms with Gasteiger partial charge in [0.15, 0.2) is 5.03 Å². The summed E-state index contributed by atoms with van der Waals surface area (Å²) in [5.74, 6) is 0. The Morgan fingerprint density at radius 2 is 2.00 bits per heavy atom. The molecule has 5 nitrogen and oxygen atoms in total. The summed E-state index contributed by atoms with van der Waals surface area (Å²) < 4.78 is 26.1. The zero-order valence-electron chi connectivity index (χ0n) is 9.34. The molecule has 90 valence electrons. The molecule has 0 aliphatic rings. The molecule has 0 aliphatic heterocycles. The smallest absolute Gasteiger partial charge is 0.278 e. The number of aromatic amines is 1. The number of H-pyrrole nitrogens is 1. The van der Waals surface area contributed by atoms with Crippen LogP contribution in [0.1, 0.15) is 12.5 Å². The highest BCUT2D eigenvalue weighted by Gasteiger charge is 2.15. The highest BCUT2D eigenvalue weighted by molar-refractivity contribution is 7.92. The number of nitrogens with zero attached hydrogens (tertiary/aromatic N) is 1. The third-order valence-corrected chi connectivity index (χ3v) is 3.68. The lowest BCUT2D eigenvalue weighted by Gasteiger charge is -2.06. The van der Waals surface area contributed by atoms with E-state index in [1.54, 1.807) is 12.1 Å². The van der Waals surface area contributed by atoms with E-state index in [-0.39, 0.29) is 5.03 Å². The fourth-order valence-electron chi connectivity index (χ4n) is 1.41. The second-order valence-corrected chi connectivity index (χ2v) is 5.22. The van der Waals surface area contributed by atoms with Crippen LogP contribution in [0, 0.1) is 0 Å². The van der Waals surface area contributed by atoms with Crippen LogP contribution in [0.2, 0.25) is 0 Å². The molecule has 0 amide bonds. The Kier molecular flexibility index (Phi) is 3.14. The van der Waals surface area contributed by atoms with Crippen LogP contribution in [0.5, 0.6) is 0 Å². The first-order valence-corrected chi connectivity index (χ1v) is 6.70. The summed E-state index contributed by atoms with van der Waals surface area (Å²) in [4.78, 5) is 6.24. The van der Waals surface area contributed by atoms with Gasteiger partial charge >= 0.3 is 0 Å². The van der Waals surface area contributed by atoms with Crippen molar-refractivity contribution >= 4 is 15.7 Å². The summed E-state index contributed by atoms with van der Waals surface area (Å²) >= 11 is 0. The zero-order valence-corrected chi connectivity index (χ0v) is 10.2. The van der Waals surface area contributed by atoms with Crippen LogP contribution in [0.25, 0.3) is 0 Å². The van der Waals surface area contributed by atoms with Gasteiger partial charge < -0.3 is 4.98 Å². The molecule has 2 aromatic rings. The Morgan fingerprint density at radius 3 is 2.53 bits per heavy atom. The van der Waals surface area contributed by atoms with Gasteiger partial charge in [-0.15, -0.1) is 0 Å². The normalized spacial score (nSPS) is 11.4. The quantitative estimate of drug-likeness (QED) is 0.869. The monoisotopic (exact) mass is 251 g/mol. The van der Waals surface area contributed by atoms with Crippen molar-refractivity contribution in [3.8, 4) is 0 Å². The third-order valence-electron chi connectivity index (χ3n) is 2.38. The van der Waals surface area contributed by atoms with Crippen LogP contribution in [-0.4, -0.2) is 18.4 Å². The number of nitrogens with one attached hydrogen (secondary N) is 2. The lowest BCUT2D eigenvalue weighted by Crippen LogP contribution is -2.13. The topological polar surface area (TPSA) is 74.8 Å². The number of rotatable bonds is 4. The molecule has 0 radical (unpaired) electrons. The summed E-state index contributed by atoms with van der Waals surface area (Å²) in [6, 6.07) is 7.27. The predicted octanol–water partition coefficient (Wildman–Crippen LogP) is 1.77. The fourth-order valence-corrected chi connectivity index (χ4v) is 2.37. The van der Waals surface area contributed by atoms with Crippen molar-refractivity contribution in [2.75, 3.05) is 4.72 Å². The van der Waals surface area contributed by atoms with Gasteiger partial charge in [-0.25, -0.2) is 4.98 Å². The Hall–Kier alpha value is -1.82. The molecule has 0 unspecified atom stereocenters. The van der Waals surface area contributed by atoms with Crippen LogP contribution < -0.4 is 4.72 Å². The van der Waals surface area contributed by atoms with Gasteiger partial charge in [-0.05, 0) is 24.1 Å². The average Bonchev–Trinajstić information content (AvgIpc) is 2.84. The minimum atomic E-state index is -3.56. The number of imidazole rings is 1. The van der Waals surface area contributed by atoms with Crippen LogP contribution in [0.15, 0.2) is 41.8 Å². The number of hydrogen-bond acceptors (Lipinski definition) is 3. The molecule has 0 spiro atoms. The first-order valence-electron chi connectivity index (χ1n) is 5.22. The van der Waals surface area contributed by atoms with Crippen molar-refractivity contribution in [1.82, 2.24) is 9.97 Å². The summed E-state index contributed by atoms with van der Waals surface area (Å²) in [6.45, 7) is 2.05. The van der Waals surface area contributed by atoms with E-state index in [0.717, 1.165) is 12.0 Å². The maximum absolute atomic E-state index is 11.8. The molecule has 2 N–H and O–H groups in total. The molecule has 17 heavy (non-hydrogen) atoms. The van der Waals surface area contributed by atoms with E-state index in [0.29, 0.717) is 5.69 Å². The predicted molar refractivity (Wildman–Crippen MR) is 65.2 cm³/mol. The SMILES string of the molecule is CCc1ccc(NS(=O)(=O)c2cnc[nH]2)cc1. The van der Waals surface area contributed by atoms with Gasteiger partial charge in [0.05, 0.1) is 12.5 Å². The van der Waals surface area contributed by atoms with E-state index >= 15 is 0 Å². The lowest BCUT2D eigenvalue weighted by atomic mass is 10.2.